The standard InChI is InChI=1S/C11H16N2/c1-7-3-9(6-13-5-7)11(12)10-4-8(10)2/h3,5-6,8,10-11H,4,12H2,1-2H3. The Kier molecular flexibility index (Phi) is 2.08. The predicted octanol–water partition coefficient (Wildman–Crippen LogP) is 2.05. The van der Waals surface area contributed by atoms with Gasteiger partial charge in [-0.15, -0.1) is 0 Å². The van der Waals surface area contributed by atoms with E-state index in [0.717, 1.165) is 5.92 Å². The minimum atomic E-state index is 0.197. The minimum absolute atomic E-state index is 0.197. The van der Waals surface area contributed by atoms with Crippen LogP contribution < -0.4 is 5.73 Å². The van der Waals surface area contributed by atoms with Crippen molar-refractivity contribution in [1.29, 1.82) is 0 Å². The second-order valence-corrected chi connectivity index (χ2v) is 4.20. The van der Waals surface area contributed by atoms with E-state index in [4.69, 9.17) is 5.73 Å². The maximum Gasteiger partial charge on any atom is 0.0341 e. The first-order valence-electron chi connectivity index (χ1n) is 4.85. The lowest BCUT2D eigenvalue weighted by Crippen LogP contribution is -2.13. The summed E-state index contributed by atoms with van der Waals surface area (Å²) in [6.45, 7) is 4.31. The molecule has 0 aliphatic heterocycles. The van der Waals surface area contributed by atoms with Crippen LogP contribution in [0.5, 0.6) is 0 Å². The Hall–Kier alpha value is -0.890. The summed E-state index contributed by atoms with van der Waals surface area (Å²) in [5.74, 6) is 1.49. The number of nitrogens with two attached hydrogens (primary N) is 1. The molecular weight excluding hydrogens is 160 g/mol. The van der Waals surface area contributed by atoms with Gasteiger partial charge in [-0.05, 0) is 36.3 Å². The first kappa shape index (κ1) is 8.70. The van der Waals surface area contributed by atoms with Crippen molar-refractivity contribution in [1.82, 2.24) is 4.98 Å². The molecule has 3 unspecified atom stereocenters. The van der Waals surface area contributed by atoms with Gasteiger partial charge in [0.15, 0.2) is 0 Å². The van der Waals surface area contributed by atoms with Gasteiger partial charge in [0.05, 0.1) is 0 Å². The van der Waals surface area contributed by atoms with Gasteiger partial charge in [-0.25, -0.2) is 0 Å². The number of nitrogens with zero attached hydrogens (tertiary/aromatic N) is 1. The Balaban J connectivity index is 2.15. The second-order valence-electron chi connectivity index (χ2n) is 4.20. The van der Waals surface area contributed by atoms with Crippen molar-refractivity contribution in [3.05, 3.63) is 29.6 Å². The molecule has 2 heteroatoms. The second kappa shape index (κ2) is 3.11. The fourth-order valence-corrected chi connectivity index (χ4v) is 1.86. The molecule has 0 aromatic carbocycles. The topological polar surface area (TPSA) is 38.9 Å². The molecule has 0 spiro atoms. The van der Waals surface area contributed by atoms with Crippen molar-refractivity contribution in [3.63, 3.8) is 0 Å². The lowest BCUT2D eigenvalue weighted by molar-refractivity contribution is 0.591. The zero-order valence-corrected chi connectivity index (χ0v) is 8.20. The third-order valence-corrected chi connectivity index (χ3v) is 2.91. The molecule has 0 radical (unpaired) electrons. The van der Waals surface area contributed by atoms with Crippen LogP contribution in [0.1, 0.15) is 30.5 Å². The SMILES string of the molecule is Cc1cncc(C(N)C2CC2C)c1. The Morgan fingerprint density at radius 2 is 2.23 bits per heavy atom. The molecule has 1 fully saturated rings. The van der Waals surface area contributed by atoms with Crippen molar-refractivity contribution in [2.45, 2.75) is 26.3 Å². The highest BCUT2D eigenvalue weighted by Crippen LogP contribution is 2.45. The highest BCUT2D eigenvalue weighted by molar-refractivity contribution is 5.22. The Morgan fingerprint density at radius 3 is 2.77 bits per heavy atom. The Labute approximate surface area is 79.2 Å². The molecule has 1 aliphatic carbocycles. The maximum absolute atomic E-state index is 6.12. The highest BCUT2D eigenvalue weighted by atomic mass is 14.7. The summed E-state index contributed by atoms with van der Waals surface area (Å²) in [5, 5.41) is 0. The van der Waals surface area contributed by atoms with Crippen LogP contribution in [0.25, 0.3) is 0 Å². The average molecular weight is 176 g/mol. The van der Waals surface area contributed by atoms with Crippen molar-refractivity contribution in [2.24, 2.45) is 17.6 Å². The van der Waals surface area contributed by atoms with Gasteiger partial charge in [0, 0.05) is 18.4 Å². The Morgan fingerprint density at radius 1 is 1.54 bits per heavy atom. The normalized spacial score (nSPS) is 28.5. The quantitative estimate of drug-likeness (QED) is 0.749. The first-order valence-corrected chi connectivity index (χ1v) is 4.85. The number of pyridine rings is 1. The predicted molar refractivity (Wildman–Crippen MR) is 53.2 cm³/mol. The third kappa shape index (κ3) is 1.73. The fourth-order valence-electron chi connectivity index (χ4n) is 1.86. The van der Waals surface area contributed by atoms with Crippen LogP contribution in [0.4, 0.5) is 0 Å². The van der Waals surface area contributed by atoms with Gasteiger partial charge in [-0.1, -0.05) is 13.0 Å². The van der Waals surface area contributed by atoms with Crippen molar-refractivity contribution < 1.29 is 0 Å². The van der Waals surface area contributed by atoms with Gasteiger partial charge in [-0.3, -0.25) is 4.98 Å². The van der Waals surface area contributed by atoms with E-state index in [9.17, 15) is 0 Å². The van der Waals surface area contributed by atoms with Gasteiger partial charge in [-0.2, -0.15) is 0 Å². The van der Waals surface area contributed by atoms with E-state index in [0.29, 0.717) is 5.92 Å². The first-order chi connectivity index (χ1) is 6.18. The highest BCUT2D eigenvalue weighted by Gasteiger charge is 2.38. The van der Waals surface area contributed by atoms with Gasteiger partial charge in [0.1, 0.15) is 0 Å². The molecule has 0 saturated heterocycles. The maximum atomic E-state index is 6.12. The van der Waals surface area contributed by atoms with Crippen molar-refractivity contribution in [2.75, 3.05) is 0 Å². The summed E-state index contributed by atoms with van der Waals surface area (Å²) >= 11 is 0. The Bertz CT molecular complexity index is 309. The number of aromatic nitrogens is 1. The number of aryl methyl sites for hydroxylation is 1. The van der Waals surface area contributed by atoms with E-state index < -0.39 is 0 Å². The van der Waals surface area contributed by atoms with Crippen molar-refractivity contribution >= 4 is 0 Å². The summed E-state index contributed by atoms with van der Waals surface area (Å²) in [5.41, 5.74) is 8.50. The van der Waals surface area contributed by atoms with Crippen LogP contribution in [0.15, 0.2) is 18.5 Å². The van der Waals surface area contributed by atoms with Crippen molar-refractivity contribution in [3.8, 4) is 0 Å². The van der Waals surface area contributed by atoms with Gasteiger partial charge in [0.25, 0.3) is 0 Å². The summed E-state index contributed by atoms with van der Waals surface area (Å²) in [7, 11) is 0. The van der Waals surface area contributed by atoms with Crippen LogP contribution in [-0.4, -0.2) is 4.98 Å². The van der Waals surface area contributed by atoms with E-state index in [1.165, 1.54) is 17.5 Å². The smallest absolute Gasteiger partial charge is 0.0341 e. The van der Waals surface area contributed by atoms with Crippen LogP contribution in [-0.2, 0) is 0 Å². The third-order valence-electron chi connectivity index (χ3n) is 2.91. The zero-order valence-electron chi connectivity index (χ0n) is 8.20. The van der Waals surface area contributed by atoms with Crippen LogP contribution in [0.2, 0.25) is 0 Å². The van der Waals surface area contributed by atoms with E-state index in [-0.39, 0.29) is 6.04 Å². The minimum Gasteiger partial charge on any atom is -0.324 e. The van der Waals surface area contributed by atoms with E-state index in [1.54, 1.807) is 0 Å². The molecular formula is C11H16N2. The molecule has 2 rings (SSSR count). The summed E-state index contributed by atoms with van der Waals surface area (Å²) < 4.78 is 0. The molecule has 0 amide bonds. The molecule has 3 atom stereocenters. The van der Waals surface area contributed by atoms with E-state index >= 15 is 0 Å². The lowest BCUT2D eigenvalue weighted by atomic mass is 10.0. The summed E-state index contributed by atoms with van der Waals surface area (Å²) in [6.07, 6.45) is 5.03. The van der Waals surface area contributed by atoms with Crippen LogP contribution in [0, 0.1) is 18.8 Å². The zero-order chi connectivity index (χ0) is 9.42. The molecule has 2 N–H and O–H groups in total. The average Bonchev–Trinajstić information content (AvgIpc) is 2.81. The van der Waals surface area contributed by atoms with E-state index in [2.05, 4.69) is 24.9 Å². The van der Waals surface area contributed by atoms with Crippen LogP contribution >= 0.6 is 0 Å². The molecule has 2 nitrogen and oxygen atoms in total. The lowest BCUT2D eigenvalue weighted by Gasteiger charge is -2.10. The van der Waals surface area contributed by atoms with Gasteiger partial charge in [0.2, 0.25) is 0 Å². The molecule has 1 aliphatic rings. The molecule has 13 heavy (non-hydrogen) atoms. The molecule has 1 saturated carbocycles. The number of rotatable bonds is 2. The summed E-state index contributed by atoms with van der Waals surface area (Å²) in [6, 6.07) is 2.34. The van der Waals surface area contributed by atoms with Crippen LogP contribution in [0.3, 0.4) is 0 Å². The molecule has 1 aromatic rings. The molecule has 1 heterocycles. The number of hydrogen-bond donors (Lipinski definition) is 1. The molecule has 0 bridgehead atoms. The fraction of sp³-hybridized carbons (Fsp3) is 0.545. The molecule has 1 aromatic heterocycles. The number of hydrogen-bond acceptors (Lipinski definition) is 2. The summed E-state index contributed by atoms with van der Waals surface area (Å²) in [4.78, 5) is 4.16. The monoisotopic (exact) mass is 176 g/mol. The largest absolute Gasteiger partial charge is 0.324 e. The van der Waals surface area contributed by atoms with Gasteiger partial charge < -0.3 is 5.73 Å². The molecule has 70 valence electrons. The van der Waals surface area contributed by atoms with E-state index in [1.807, 2.05) is 12.4 Å². The van der Waals surface area contributed by atoms with Gasteiger partial charge >= 0.3 is 0 Å².